The molecule has 1 atom stereocenters. The number of carbonyl (C=O) groups excluding carboxylic acids is 1. The van der Waals surface area contributed by atoms with Crippen molar-refractivity contribution in [2.24, 2.45) is 0 Å². The van der Waals surface area contributed by atoms with Gasteiger partial charge in [0.25, 0.3) is 0 Å². The van der Waals surface area contributed by atoms with Crippen LogP contribution in [0.4, 0.5) is 0 Å². The summed E-state index contributed by atoms with van der Waals surface area (Å²) in [6, 6.07) is 6.15. The molecule has 2 rings (SSSR count). The summed E-state index contributed by atoms with van der Waals surface area (Å²) in [6.45, 7) is 3.34. The Kier molecular flexibility index (Phi) is 5.67. The van der Waals surface area contributed by atoms with Gasteiger partial charge in [-0.15, -0.1) is 0 Å². The Morgan fingerprint density at radius 2 is 2.08 bits per heavy atom. The molecular formula is C15H22N2O5S2. The molecule has 0 aromatic heterocycles. The van der Waals surface area contributed by atoms with E-state index in [0.29, 0.717) is 6.42 Å². The number of sulfonamides is 1. The van der Waals surface area contributed by atoms with E-state index in [9.17, 15) is 21.6 Å². The Bertz CT molecular complexity index is 818. The molecular weight excluding hydrogens is 352 g/mol. The van der Waals surface area contributed by atoms with Gasteiger partial charge in [0.15, 0.2) is 9.84 Å². The molecule has 7 nitrogen and oxygen atoms in total. The molecule has 0 spiro atoms. The van der Waals surface area contributed by atoms with E-state index >= 15 is 0 Å². The molecule has 9 heteroatoms. The molecule has 1 aromatic carbocycles. The van der Waals surface area contributed by atoms with Gasteiger partial charge in [0.05, 0.1) is 16.4 Å². The van der Waals surface area contributed by atoms with Crippen LogP contribution in [0.5, 0.6) is 0 Å². The number of hydrogen-bond donors (Lipinski definition) is 1. The van der Waals surface area contributed by atoms with Crippen molar-refractivity contribution in [1.29, 1.82) is 0 Å². The Morgan fingerprint density at radius 1 is 1.38 bits per heavy atom. The quantitative estimate of drug-likeness (QED) is 0.772. The Morgan fingerprint density at radius 3 is 2.62 bits per heavy atom. The largest absolute Gasteiger partial charge is 0.338 e. The van der Waals surface area contributed by atoms with Crippen molar-refractivity contribution in [3.8, 4) is 0 Å². The maximum atomic E-state index is 12.2. The molecule has 1 aliphatic heterocycles. The predicted octanol–water partition coefficient (Wildman–Crippen LogP) is 0.309. The third-order valence-corrected chi connectivity index (χ3v) is 7.21. The van der Waals surface area contributed by atoms with Gasteiger partial charge in [-0.2, -0.15) is 0 Å². The van der Waals surface area contributed by atoms with E-state index < -0.39 is 19.9 Å². The lowest BCUT2D eigenvalue weighted by Gasteiger charge is -2.27. The number of hydrogen-bond acceptors (Lipinski definition) is 5. The van der Waals surface area contributed by atoms with Crippen LogP contribution in [0, 0.1) is 6.92 Å². The highest BCUT2D eigenvalue weighted by atomic mass is 32.2. The first kappa shape index (κ1) is 18.9. The van der Waals surface area contributed by atoms with E-state index in [1.165, 1.54) is 17.9 Å². The molecule has 24 heavy (non-hydrogen) atoms. The lowest BCUT2D eigenvalue weighted by molar-refractivity contribution is -0.130. The zero-order valence-electron chi connectivity index (χ0n) is 13.7. The summed E-state index contributed by atoms with van der Waals surface area (Å²) in [7, 11) is -6.76. The molecule has 134 valence electrons. The van der Waals surface area contributed by atoms with Gasteiger partial charge in [-0.25, -0.2) is 21.6 Å². The lowest BCUT2D eigenvalue weighted by atomic mass is 10.2. The molecule has 1 amide bonds. The number of carbonyl (C=O) groups is 1. The molecule has 1 aliphatic rings. The van der Waals surface area contributed by atoms with E-state index in [2.05, 4.69) is 4.72 Å². The van der Waals surface area contributed by atoms with Gasteiger partial charge >= 0.3 is 0 Å². The first-order chi connectivity index (χ1) is 11.1. The van der Waals surface area contributed by atoms with E-state index in [4.69, 9.17) is 0 Å². The summed E-state index contributed by atoms with van der Waals surface area (Å²) in [6.07, 6.45) is 0.395. The van der Waals surface area contributed by atoms with Crippen LogP contribution in [0.2, 0.25) is 0 Å². The van der Waals surface area contributed by atoms with Gasteiger partial charge in [-0.05, 0) is 31.0 Å². The molecule has 1 aromatic rings. The molecule has 0 bridgehead atoms. The summed E-state index contributed by atoms with van der Waals surface area (Å²) in [4.78, 5) is 13.4. The minimum Gasteiger partial charge on any atom is -0.338 e. The van der Waals surface area contributed by atoms with Gasteiger partial charge in [-0.1, -0.05) is 12.1 Å². The molecule has 0 radical (unpaired) electrons. The SMILES string of the molecule is CC(=O)N(CCNS(=O)(=O)c1cccc(C)c1)C1CCS(=O)(=O)C1. The third kappa shape index (κ3) is 4.78. The summed E-state index contributed by atoms with van der Waals surface area (Å²) in [5, 5.41) is 0. The Labute approximate surface area is 143 Å². The first-order valence-electron chi connectivity index (χ1n) is 7.65. The number of nitrogens with zero attached hydrogens (tertiary/aromatic N) is 1. The maximum Gasteiger partial charge on any atom is 0.240 e. The minimum atomic E-state index is -3.66. The summed E-state index contributed by atoms with van der Waals surface area (Å²) >= 11 is 0. The first-order valence-corrected chi connectivity index (χ1v) is 11.0. The fourth-order valence-corrected chi connectivity index (χ4v) is 5.64. The second kappa shape index (κ2) is 7.20. The monoisotopic (exact) mass is 374 g/mol. The van der Waals surface area contributed by atoms with Crippen molar-refractivity contribution in [3.05, 3.63) is 29.8 Å². The average molecular weight is 374 g/mol. The molecule has 1 fully saturated rings. The van der Waals surface area contributed by atoms with Crippen molar-refractivity contribution >= 4 is 25.8 Å². The van der Waals surface area contributed by atoms with E-state index in [1.54, 1.807) is 25.1 Å². The highest BCUT2D eigenvalue weighted by molar-refractivity contribution is 7.91. The molecule has 0 saturated carbocycles. The molecule has 1 N–H and O–H groups in total. The second-order valence-corrected chi connectivity index (χ2v) is 9.98. The summed E-state index contributed by atoms with van der Waals surface area (Å²) in [5.74, 6) is -0.250. The number of sulfone groups is 1. The van der Waals surface area contributed by atoms with Crippen LogP contribution in [0.25, 0.3) is 0 Å². The average Bonchev–Trinajstić information content (AvgIpc) is 2.83. The number of nitrogens with one attached hydrogen (secondary N) is 1. The molecule has 1 saturated heterocycles. The van der Waals surface area contributed by atoms with E-state index in [0.717, 1.165) is 5.56 Å². The van der Waals surface area contributed by atoms with Crippen molar-refractivity contribution < 1.29 is 21.6 Å². The number of amides is 1. The van der Waals surface area contributed by atoms with Gasteiger partial charge in [0.1, 0.15) is 0 Å². The highest BCUT2D eigenvalue weighted by Crippen LogP contribution is 2.18. The van der Waals surface area contributed by atoms with Crippen LogP contribution >= 0.6 is 0 Å². The van der Waals surface area contributed by atoms with E-state index in [-0.39, 0.29) is 41.4 Å². The highest BCUT2D eigenvalue weighted by Gasteiger charge is 2.33. The Hall–Kier alpha value is -1.45. The van der Waals surface area contributed by atoms with Crippen LogP contribution in [0.3, 0.4) is 0 Å². The smallest absolute Gasteiger partial charge is 0.240 e. The van der Waals surface area contributed by atoms with Crippen molar-refractivity contribution in [2.45, 2.75) is 31.2 Å². The van der Waals surface area contributed by atoms with Crippen molar-refractivity contribution in [1.82, 2.24) is 9.62 Å². The predicted molar refractivity (Wildman–Crippen MR) is 90.8 cm³/mol. The molecule has 1 heterocycles. The zero-order chi connectivity index (χ0) is 18.0. The van der Waals surface area contributed by atoms with Crippen LogP contribution in [-0.2, 0) is 24.7 Å². The van der Waals surface area contributed by atoms with Gasteiger partial charge in [0, 0.05) is 26.1 Å². The minimum absolute atomic E-state index is 0.0341. The van der Waals surface area contributed by atoms with Gasteiger partial charge < -0.3 is 4.90 Å². The molecule has 0 aliphatic carbocycles. The van der Waals surface area contributed by atoms with Crippen LogP contribution in [0.1, 0.15) is 18.9 Å². The van der Waals surface area contributed by atoms with Crippen LogP contribution in [-0.4, -0.2) is 58.3 Å². The summed E-state index contributed by atoms with van der Waals surface area (Å²) in [5.41, 5.74) is 0.833. The standard InChI is InChI=1S/C15H22N2O5S2/c1-12-4-3-5-15(10-12)24(21,22)16-7-8-17(13(2)18)14-6-9-23(19,20)11-14/h3-5,10,14,16H,6-9,11H2,1-2H3. The number of rotatable bonds is 6. The van der Waals surface area contributed by atoms with E-state index in [1.807, 2.05) is 0 Å². The van der Waals surface area contributed by atoms with Crippen LogP contribution < -0.4 is 4.72 Å². The van der Waals surface area contributed by atoms with Crippen LogP contribution in [0.15, 0.2) is 29.2 Å². The maximum absolute atomic E-state index is 12.2. The Balaban J connectivity index is 1.99. The topological polar surface area (TPSA) is 101 Å². The fourth-order valence-electron chi connectivity index (χ4n) is 2.78. The second-order valence-electron chi connectivity index (χ2n) is 5.98. The third-order valence-electron chi connectivity index (χ3n) is 4.00. The van der Waals surface area contributed by atoms with Crippen molar-refractivity contribution in [2.75, 3.05) is 24.6 Å². The number of aryl methyl sites for hydroxylation is 1. The number of benzene rings is 1. The van der Waals surface area contributed by atoms with Gasteiger partial charge in [0.2, 0.25) is 15.9 Å². The summed E-state index contributed by atoms with van der Waals surface area (Å²) < 4.78 is 50.1. The van der Waals surface area contributed by atoms with Crippen molar-refractivity contribution in [3.63, 3.8) is 0 Å². The fraction of sp³-hybridized carbons (Fsp3) is 0.533. The van der Waals surface area contributed by atoms with Gasteiger partial charge in [-0.3, -0.25) is 4.79 Å². The zero-order valence-corrected chi connectivity index (χ0v) is 15.4. The normalized spacial score (nSPS) is 20.0. The molecule has 1 unspecified atom stereocenters. The lowest BCUT2D eigenvalue weighted by Crippen LogP contribution is -2.44.